The summed E-state index contributed by atoms with van der Waals surface area (Å²) in [6.07, 6.45) is 4.10. The Morgan fingerprint density at radius 3 is 3.00 bits per heavy atom. The Hall–Kier alpha value is -3.59. The number of anilines is 4. The molecule has 0 spiro atoms. The molecular formula is C24H25N5O3S. The SMILES string of the molecule is CO/C=C/c1cccc(Nc2ccc3c(c2)N(c2nc4c(s2)C(=O)NC(C)(C)C4)CCO3)n1. The summed E-state index contributed by atoms with van der Waals surface area (Å²) in [7, 11) is 1.60. The lowest BCUT2D eigenvalue weighted by molar-refractivity contribution is 0.0901. The lowest BCUT2D eigenvalue weighted by Gasteiger charge is -2.30. The van der Waals surface area contributed by atoms with Gasteiger partial charge in [0.1, 0.15) is 23.1 Å². The zero-order chi connectivity index (χ0) is 23.0. The van der Waals surface area contributed by atoms with Crippen molar-refractivity contribution in [3.8, 4) is 5.75 Å². The first-order valence-corrected chi connectivity index (χ1v) is 11.5. The molecule has 3 aromatic rings. The second-order valence-electron chi connectivity index (χ2n) is 8.58. The second kappa shape index (κ2) is 8.40. The van der Waals surface area contributed by atoms with Crippen molar-refractivity contribution < 1.29 is 14.3 Å². The first-order chi connectivity index (χ1) is 15.9. The Morgan fingerprint density at radius 2 is 2.15 bits per heavy atom. The van der Waals surface area contributed by atoms with Crippen molar-refractivity contribution in [2.75, 3.05) is 30.5 Å². The van der Waals surface area contributed by atoms with Gasteiger partial charge in [0, 0.05) is 17.6 Å². The van der Waals surface area contributed by atoms with Gasteiger partial charge in [-0.15, -0.1) is 0 Å². The van der Waals surface area contributed by atoms with Crippen LogP contribution in [0, 0.1) is 0 Å². The van der Waals surface area contributed by atoms with E-state index < -0.39 is 0 Å². The number of nitrogens with zero attached hydrogens (tertiary/aromatic N) is 3. The molecule has 2 aliphatic rings. The topological polar surface area (TPSA) is 88.6 Å². The highest BCUT2D eigenvalue weighted by atomic mass is 32.1. The number of hydrogen-bond acceptors (Lipinski definition) is 8. The van der Waals surface area contributed by atoms with Gasteiger partial charge >= 0.3 is 0 Å². The minimum atomic E-state index is -0.296. The molecule has 0 unspecified atom stereocenters. The zero-order valence-corrected chi connectivity index (χ0v) is 19.5. The number of aromatic nitrogens is 2. The van der Waals surface area contributed by atoms with Gasteiger partial charge in [0.05, 0.1) is 37.0 Å². The van der Waals surface area contributed by atoms with E-state index in [9.17, 15) is 4.79 Å². The summed E-state index contributed by atoms with van der Waals surface area (Å²) in [5.74, 6) is 1.46. The molecule has 0 atom stereocenters. The monoisotopic (exact) mass is 463 g/mol. The highest BCUT2D eigenvalue weighted by molar-refractivity contribution is 7.17. The molecule has 0 bridgehead atoms. The number of fused-ring (bicyclic) bond motifs is 2. The van der Waals surface area contributed by atoms with Gasteiger partial charge < -0.3 is 25.0 Å². The number of hydrogen-bond donors (Lipinski definition) is 2. The van der Waals surface area contributed by atoms with E-state index in [2.05, 4.69) is 20.5 Å². The highest BCUT2D eigenvalue weighted by Crippen LogP contribution is 2.42. The molecule has 33 heavy (non-hydrogen) atoms. The molecule has 1 aromatic carbocycles. The number of pyridine rings is 1. The van der Waals surface area contributed by atoms with Gasteiger partial charge in [-0.2, -0.15) is 0 Å². The number of amides is 1. The maximum absolute atomic E-state index is 12.6. The van der Waals surface area contributed by atoms with Crippen molar-refractivity contribution in [2.45, 2.75) is 25.8 Å². The van der Waals surface area contributed by atoms with E-state index in [0.29, 0.717) is 24.4 Å². The fourth-order valence-corrected chi connectivity index (χ4v) is 4.99. The third kappa shape index (κ3) is 4.36. The molecule has 170 valence electrons. The molecule has 8 nitrogen and oxygen atoms in total. The van der Waals surface area contributed by atoms with E-state index in [-0.39, 0.29) is 11.4 Å². The number of carbonyl (C=O) groups is 1. The molecule has 5 rings (SSSR count). The fourth-order valence-electron chi connectivity index (χ4n) is 3.97. The van der Waals surface area contributed by atoms with Gasteiger partial charge in [0.2, 0.25) is 0 Å². The van der Waals surface area contributed by atoms with Crippen LogP contribution in [0.3, 0.4) is 0 Å². The van der Waals surface area contributed by atoms with E-state index in [1.54, 1.807) is 19.4 Å². The molecule has 9 heteroatoms. The minimum Gasteiger partial charge on any atom is -0.504 e. The Labute approximate surface area is 196 Å². The van der Waals surface area contributed by atoms with Gasteiger partial charge in [-0.25, -0.2) is 9.97 Å². The van der Waals surface area contributed by atoms with E-state index in [1.165, 1.54) is 11.3 Å². The van der Waals surface area contributed by atoms with E-state index in [0.717, 1.165) is 39.5 Å². The van der Waals surface area contributed by atoms with E-state index in [1.807, 2.05) is 50.2 Å². The molecule has 1 amide bonds. The average Bonchev–Trinajstić information content (AvgIpc) is 3.20. The van der Waals surface area contributed by atoms with Gasteiger partial charge in [0.25, 0.3) is 5.91 Å². The van der Waals surface area contributed by atoms with Crippen LogP contribution in [-0.2, 0) is 11.2 Å². The van der Waals surface area contributed by atoms with Crippen molar-refractivity contribution in [1.82, 2.24) is 15.3 Å². The van der Waals surface area contributed by atoms with Crippen LogP contribution in [0.4, 0.5) is 22.3 Å². The summed E-state index contributed by atoms with van der Waals surface area (Å²) in [6, 6.07) is 11.7. The molecule has 0 saturated carbocycles. The van der Waals surface area contributed by atoms with Crippen molar-refractivity contribution >= 4 is 45.6 Å². The van der Waals surface area contributed by atoms with Crippen LogP contribution in [0.1, 0.15) is 34.9 Å². The summed E-state index contributed by atoms with van der Waals surface area (Å²) in [4.78, 5) is 24.8. The molecule has 2 aromatic heterocycles. The average molecular weight is 464 g/mol. The fraction of sp³-hybridized carbons (Fsp3) is 0.292. The van der Waals surface area contributed by atoms with Gasteiger partial charge in [0.15, 0.2) is 5.13 Å². The standard InChI is InChI=1S/C24H25N5O3S/c1-24(2)14-17-21(22(30)28-24)33-23(27-17)29-10-12-32-19-8-7-16(13-18(19)29)26-20-6-4-5-15(25-20)9-11-31-3/h4-9,11,13H,10,12,14H2,1-3H3,(H,25,26)(H,28,30)/b11-9+. The molecule has 4 heterocycles. The third-order valence-corrected chi connectivity index (χ3v) is 6.54. The second-order valence-corrected chi connectivity index (χ2v) is 9.56. The summed E-state index contributed by atoms with van der Waals surface area (Å²) in [6.45, 7) is 5.24. The number of rotatable bonds is 5. The normalized spacial score (nSPS) is 16.6. The lowest BCUT2D eigenvalue weighted by Crippen LogP contribution is -2.48. The Balaban J connectivity index is 1.44. The van der Waals surface area contributed by atoms with Crippen LogP contribution in [-0.4, -0.2) is 41.7 Å². The van der Waals surface area contributed by atoms with Crippen molar-refractivity contribution in [3.05, 3.63) is 58.9 Å². The molecule has 0 aliphatic carbocycles. The summed E-state index contributed by atoms with van der Waals surface area (Å²) in [5.41, 5.74) is 3.14. The van der Waals surface area contributed by atoms with E-state index >= 15 is 0 Å². The molecule has 0 fully saturated rings. The molecule has 0 saturated heterocycles. The number of ether oxygens (including phenoxy) is 2. The maximum Gasteiger partial charge on any atom is 0.263 e. The van der Waals surface area contributed by atoms with E-state index in [4.69, 9.17) is 14.5 Å². The van der Waals surface area contributed by atoms with Crippen LogP contribution in [0.25, 0.3) is 6.08 Å². The number of nitrogens with one attached hydrogen (secondary N) is 2. The third-order valence-electron chi connectivity index (χ3n) is 5.42. The molecular weight excluding hydrogens is 438 g/mol. The van der Waals surface area contributed by atoms with Crippen LogP contribution in [0.5, 0.6) is 5.75 Å². The van der Waals surface area contributed by atoms with Crippen LogP contribution in [0.2, 0.25) is 0 Å². The predicted molar refractivity (Wildman–Crippen MR) is 130 cm³/mol. The highest BCUT2D eigenvalue weighted by Gasteiger charge is 2.34. The van der Waals surface area contributed by atoms with Crippen molar-refractivity contribution in [1.29, 1.82) is 0 Å². The molecule has 2 N–H and O–H groups in total. The number of carbonyl (C=O) groups excluding carboxylic acids is 1. The van der Waals surface area contributed by atoms with Gasteiger partial charge in [-0.3, -0.25) is 4.79 Å². The Kier molecular flexibility index (Phi) is 5.41. The quantitative estimate of drug-likeness (QED) is 0.539. The Morgan fingerprint density at radius 1 is 1.27 bits per heavy atom. The number of benzene rings is 1. The maximum atomic E-state index is 12.6. The van der Waals surface area contributed by atoms with Crippen molar-refractivity contribution in [3.63, 3.8) is 0 Å². The summed E-state index contributed by atoms with van der Waals surface area (Å²) in [5, 5.41) is 7.22. The smallest absolute Gasteiger partial charge is 0.263 e. The zero-order valence-electron chi connectivity index (χ0n) is 18.7. The predicted octanol–water partition coefficient (Wildman–Crippen LogP) is 4.49. The molecule has 2 aliphatic heterocycles. The largest absolute Gasteiger partial charge is 0.504 e. The van der Waals surface area contributed by atoms with Crippen LogP contribution >= 0.6 is 11.3 Å². The summed E-state index contributed by atoms with van der Waals surface area (Å²) >= 11 is 1.43. The minimum absolute atomic E-state index is 0.0534. The van der Waals surface area contributed by atoms with Crippen LogP contribution < -0.4 is 20.3 Å². The van der Waals surface area contributed by atoms with Gasteiger partial charge in [-0.1, -0.05) is 17.4 Å². The molecule has 0 radical (unpaired) electrons. The number of thiazole rings is 1. The first kappa shape index (κ1) is 21.3. The van der Waals surface area contributed by atoms with Crippen molar-refractivity contribution in [2.24, 2.45) is 0 Å². The lowest BCUT2D eigenvalue weighted by atomic mass is 9.94. The Bertz CT molecular complexity index is 1240. The number of methoxy groups -OCH3 is 1. The first-order valence-electron chi connectivity index (χ1n) is 10.7. The van der Waals surface area contributed by atoms with Gasteiger partial charge in [-0.05, 0) is 50.3 Å². The summed E-state index contributed by atoms with van der Waals surface area (Å²) < 4.78 is 10.9. The van der Waals surface area contributed by atoms with Crippen LogP contribution in [0.15, 0.2) is 42.7 Å².